The molecule has 0 heterocycles. The highest BCUT2D eigenvalue weighted by Crippen LogP contribution is 2.11. The summed E-state index contributed by atoms with van der Waals surface area (Å²) in [4.78, 5) is 12.3. The van der Waals surface area contributed by atoms with Gasteiger partial charge >= 0.3 is 0 Å². The summed E-state index contributed by atoms with van der Waals surface area (Å²) < 4.78 is 0.991. The highest BCUT2D eigenvalue weighted by atomic mass is 79.9. The largest absolute Gasteiger partial charge is 0.389 e. The quantitative estimate of drug-likeness (QED) is 0.835. The molecule has 0 aliphatic rings. The van der Waals surface area contributed by atoms with Gasteiger partial charge in [0.1, 0.15) is 4.99 Å². The maximum absolute atomic E-state index is 12.0. The number of carbonyl (C=O) groups excluding carboxylic acids is 1. The molecular weight excluding hydrogens is 336 g/mol. The van der Waals surface area contributed by atoms with Crippen molar-refractivity contribution in [2.24, 2.45) is 5.73 Å². The highest BCUT2D eigenvalue weighted by molar-refractivity contribution is 9.10. The average Bonchev–Trinajstić information content (AvgIpc) is 2.45. The summed E-state index contributed by atoms with van der Waals surface area (Å²) in [6.45, 7) is 0.481. The van der Waals surface area contributed by atoms with E-state index in [-0.39, 0.29) is 5.91 Å². The molecule has 0 aliphatic heterocycles. The summed E-state index contributed by atoms with van der Waals surface area (Å²) in [7, 11) is 0. The van der Waals surface area contributed by atoms with Gasteiger partial charge in [0.2, 0.25) is 0 Å². The predicted octanol–water partition coefficient (Wildman–Crippen LogP) is 3.01. The van der Waals surface area contributed by atoms with Crippen molar-refractivity contribution in [2.45, 2.75) is 6.54 Å². The van der Waals surface area contributed by atoms with Gasteiger partial charge in [0.05, 0.1) is 0 Å². The summed E-state index contributed by atoms with van der Waals surface area (Å²) in [5.74, 6) is -0.125. The molecule has 0 unspecified atom stereocenters. The van der Waals surface area contributed by atoms with Crippen molar-refractivity contribution in [3.8, 4) is 0 Å². The zero-order chi connectivity index (χ0) is 14.5. The van der Waals surface area contributed by atoms with E-state index in [9.17, 15) is 4.79 Å². The van der Waals surface area contributed by atoms with E-state index in [1.165, 1.54) is 0 Å². The summed E-state index contributed by atoms with van der Waals surface area (Å²) in [5.41, 5.74) is 7.89. The SMILES string of the molecule is NC(=S)c1ccc(C(=O)NCc2cccc(Br)c2)cc1. The second-order valence-corrected chi connectivity index (χ2v) is 5.61. The van der Waals surface area contributed by atoms with Gasteiger partial charge in [0.25, 0.3) is 5.91 Å². The second kappa shape index (κ2) is 6.63. The van der Waals surface area contributed by atoms with Gasteiger partial charge in [0, 0.05) is 22.1 Å². The van der Waals surface area contributed by atoms with Crippen molar-refractivity contribution in [3.63, 3.8) is 0 Å². The van der Waals surface area contributed by atoms with Crippen LogP contribution in [-0.4, -0.2) is 10.9 Å². The van der Waals surface area contributed by atoms with E-state index in [2.05, 4.69) is 21.2 Å². The van der Waals surface area contributed by atoms with Crippen molar-refractivity contribution >= 4 is 39.0 Å². The molecule has 2 rings (SSSR count). The maximum atomic E-state index is 12.0. The molecule has 0 fully saturated rings. The molecule has 3 N–H and O–H groups in total. The number of rotatable bonds is 4. The molecular formula is C15H13BrN2OS. The molecule has 0 saturated carbocycles. The number of carbonyl (C=O) groups is 1. The molecule has 0 bridgehead atoms. The number of nitrogens with one attached hydrogen (secondary N) is 1. The zero-order valence-electron chi connectivity index (χ0n) is 10.6. The third kappa shape index (κ3) is 3.88. The maximum Gasteiger partial charge on any atom is 0.251 e. The Balaban J connectivity index is 1.99. The first-order valence-electron chi connectivity index (χ1n) is 5.99. The molecule has 2 aromatic rings. The number of halogens is 1. The predicted molar refractivity (Wildman–Crippen MR) is 87.6 cm³/mol. The monoisotopic (exact) mass is 348 g/mol. The van der Waals surface area contributed by atoms with E-state index in [0.29, 0.717) is 17.1 Å². The minimum Gasteiger partial charge on any atom is -0.389 e. The fourth-order valence-corrected chi connectivity index (χ4v) is 2.30. The molecule has 0 aliphatic carbocycles. The van der Waals surface area contributed by atoms with Crippen LogP contribution in [0.1, 0.15) is 21.5 Å². The number of nitrogens with two attached hydrogens (primary N) is 1. The molecule has 1 amide bonds. The van der Waals surface area contributed by atoms with Gasteiger partial charge in [-0.05, 0) is 29.8 Å². The fourth-order valence-electron chi connectivity index (χ4n) is 1.72. The zero-order valence-corrected chi connectivity index (χ0v) is 13.0. The molecule has 0 saturated heterocycles. The van der Waals surface area contributed by atoms with Gasteiger partial charge in [-0.25, -0.2) is 0 Å². The smallest absolute Gasteiger partial charge is 0.251 e. The van der Waals surface area contributed by atoms with Gasteiger partial charge < -0.3 is 11.1 Å². The Kier molecular flexibility index (Phi) is 4.87. The van der Waals surface area contributed by atoms with E-state index in [1.54, 1.807) is 24.3 Å². The number of benzene rings is 2. The Morgan fingerprint density at radius 1 is 1.15 bits per heavy atom. The number of hydrogen-bond donors (Lipinski definition) is 2. The van der Waals surface area contributed by atoms with Crippen LogP contribution >= 0.6 is 28.1 Å². The average molecular weight is 349 g/mol. The summed E-state index contributed by atoms with van der Waals surface area (Å²) in [6.07, 6.45) is 0. The Morgan fingerprint density at radius 2 is 1.80 bits per heavy atom. The lowest BCUT2D eigenvalue weighted by atomic mass is 10.1. The topological polar surface area (TPSA) is 55.1 Å². The molecule has 0 aromatic heterocycles. The Hall–Kier alpha value is -1.72. The van der Waals surface area contributed by atoms with E-state index in [4.69, 9.17) is 18.0 Å². The molecule has 0 radical (unpaired) electrons. The minimum atomic E-state index is -0.125. The van der Waals surface area contributed by atoms with Crippen molar-refractivity contribution < 1.29 is 4.79 Å². The first-order chi connectivity index (χ1) is 9.56. The highest BCUT2D eigenvalue weighted by Gasteiger charge is 2.06. The Bertz CT molecular complexity index is 641. The summed E-state index contributed by atoms with van der Waals surface area (Å²) >= 11 is 8.27. The van der Waals surface area contributed by atoms with Crippen LogP contribution in [-0.2, 0) is 6.54 Å². The lowest BCUT2D eigenvalue weighted by Gasteiger charge is -2.06. The normalized spacial score (nSPS) is 10.1. The van der Waals surface area contributed by atoms with Gasteiger partial charge in [0.15, 0.2) is 0 Å². The van der Waals surface area contributed by atoms with Crippen molar-refractivity contribution in [2.75, 3.05) is 0 Å². The van der Waals surface area contributed by atoms with Crippen LogP contribution in [0, 0.1) is 0 Å². The first-order valence-corrected chi connectivity index (χ1v) is 7.19. The molecule has 20 heavy (non-hydrogen) atoms. The van der Waals surface area contributed by atoms with Gasteiger partial charge in [-0.2, -0.15) is 0 Å². The van der Waals surface area contributed by atoms with Crippen molar-refractivity contribution in [1.29, 1.82) is 0 Å². The lowest BCUT2D eigenvalue weighted by molar-refractivity contribution is 0.0951. The van der Waals surface area contributed by atoms with E-state index < -0.39 is 0 Å². The van der Waals surface area contributed by atoms with Crippen LogP contribution in [0.25, 0.3) is 0 Å². The summed E-state index contributed by atoms with van der Waals surface area (Å²) in [6, 6.07) is 14.7. The molecule has 2 aromatic carbocycles. The van der Waals surface area contributed by atoms with Crippen molar-refractivity contribution in [3.05, 3.63) is 69.7 Å². The first kappa shape index (κ1) is 14.7. The number of amides is 1. The molecule has 3 nitrogen and oxygen atoms in total. The van der Waals surface area contributed by atoms with Crippen LogP contribution in [0.3, 0.4) is 0 Å². The van der Waals surface area contributed by atoms with Gasteiger partial charge in [-0.15, -0.1) is 0 Å². The Morgan fingerprint density at radius 3 is 2.40 bits per heavy atom. The fraction of sp³-hybridized carbons (Fsp3) is 0.0667. The lowest BCUT2D eigenvalue weighted by Crippen LogP contribution is -2.22. The van der Waals surface area contributed by atoms with E-state index >= 15 is 0 Å². The third-order valence-electron chi connectivity index (χ3n) is 2.77. The third-order valence-corrected chi connectivity index (χ3v) is 3.50. The molecule has 102 valence electrons. The van der Waals surface area contributed by atoms with Crippen LogP contribution in [0.2, 0.25) is 0 Å². The molecule has 0 spiro atoms. The van der Waals surface area contributed by atoms with E-state index in [0.717, 1.165) is 15.6 Å². The van der Waals surface area contributed by atoms with Crippen LogP contribution in [0.4, 0.5) is 0 Å². The minimum absolute atomic E-state index is 0.125. The number of thiocarbonyl (C=S) groups is 1. The molecule has 5 heteroatoms. The van der Waals surface area contributed by atoms with Gasteiger partial charge in [-0.3, -0.25) is 4.79 Å². The van der Waals surface area contributed by atoms with Crippen molar-refractivity contribution in [1.82, 2.24) is 5.32 Å². The summed E-state index contributed by atoms with van der Waals surface area (Å²) in [5, 5.41) is 2.87. The van der Waals surface area contributed by atoms with Gasteiger partial charge in [-0.1, -0.05) is 52.4 Å². The number of hydrogen-bond acceptors (Lipinski definition) is 2. The van der Waals surface area contributed by atoms with Crippen LogP contribution < -0.4 is 11.1 Å². The Labute approximate surface area is 131 Å². The second-order valence-electron chi connectivity index (χ2n) is 4.25. The standard InChI is InChI=1S/C15H13BrN2OS/c16-13-3-1-2-10(8-13)9-18-15(19)12-6-4-11(5-7-12)14(17)20/h1-8H,9H2,(H2,17,20)(H,18,19). The molecule has 0 atom stereocenters. The van der Waals surface area contributed by atoms with E-state index in [1.807, 2.05) is 24.3 Å². The van der Waals surface area contributed by atoms with Crippen LogP contribution in [0.5, 0.6) is 0 Å². The van der Waals surface area contributed by atoms with Crippen LogP contribution in [0.15, 0.2) is 53.0 Å².